The van der Waals surface area contributed by atoms with E-state index >= 15 is 0 Å². The minimum absolute atomic E-state index is 0.114. The predicted molar refractivity (Wildman–Crippen MR) is 72.4 cm³/mol. The Hall–Kier alpha value is -1.28. The van der Waals surface area contributed by atoms with Gasteiger partial charge in [0.2, 0.25) is 0 Å². The van der Waals surface area contributed by atoms with Gasteiger partial charge in [-0.15, -0.1) is 0 Å². The van der Waals surface area contributed by atoms with Gasteiger partial charge in [-0.1, -0.05) is 24.8 Å². The van der Waals surface area contributed by atoms with Crippen LogP contribution in [0.2, 0.25) is 0 Å². The Morgan fingerprint density at radius 3 is 2.41 bits per heavy atom. The molecule has 2 heteroatoms. The molecule has 0 spiro atoms. The maximum atomic E-state index is 5.71. The summed E-state index contributed by atoms with van der Waals surface area (Å²) in [6.07, 6.45) is 0. The van der Waals surface area contributed by atoms with Crippen LogP contribution in [0.5, 0.6) is 5.75 Å². The lowest BCUT2D eigenvalue weighted by molar-refractivity contribution is -0.0163. The lowest BCUT2D eigenvalue weighted by atomic mass is 10.1. The van der Waals surface area contributed by atoms with Gasteiger partial charge in [-0.25, -0.2) is 0 Å². The molecule has 1 rings (SSSR count). The van der Waals surface area contributed by atoms with Crippen LogP contribution in [0.3, 0.4) is 0 Å². The Labute approximate surface area is 104 Å². The van der Waals surface area contributed by atoms with Gasteiger partial charge in [0, 0.05) is 5.56 Å². The Bertz CT molecular complexity index is 375. The largest absolute Gasteiger partial charge is 0.491 e. The molecule has 0 saturated heterocycles. The summed E-state index contributed by atoms with van der Waals surface area (Å²) in [5, 5.41) is 0. The molecule has 0 aliphatic rings. The third-order valence-electron chi connectivity index (χ3n) is 2.22. The molecule has 94 valence electrons. The zero-order valence-corrected chi connectivity index (χ0v) is 11.2. The number of rotatable bonds is 5. The van der Waals surface area contributed by atoms with Crippen molar-refractivity contribution in [3.8, 4) is 5.75 Å². The second kappa shape index (κ2) is 5.87. The van der Waals surface area contributed by atoms with Gasteiger partial charge in [0.05, 0.1) is 12.2 Å². The van der Waals surface area contributed by atoms with Gasteiger partial charge in [0.1, 0.15) is 12.4 Å². The first-order chi connectivity index (χ1) is 7.90. The quantitative estimate of drug-likeness (QED) is 0.719. The van der Waals surface area contributed by atoms with Crippen LogP contribution in [-0.4, -0.2) is 18.8 Å². The van der Waals surface area contributed by atoms with E-state index in [1.807, 2.05) is 52.0 Å². The normalized spacial score (nSPS) is 11.3. The summed E-state index contributed by atoms with van der Waals surface area (Å²) in [6, 6.07) is 7.93. The molecule has 0 bridgehead atoms. The molecule has 0 atom stereocenters. The smallest absolute Gasteiger partial charge is 0.126 e. The zero-order valence-electron chi connectivity index (χ0n) is 11.2. The zero-order chi connectivity index (χ0) is 12.9. The topological polar surface area (TPSA) is 18.5 Å². The van der Waals surface area contributed by atoms with Gasteiger partial charge in [-0.05, 0) is 39.3 Å². The van der Waals surface area contributed by atoms with Crippen molar-refractivity contribution in [1.82, 2.24) is 0 Å². The van der Waals surface area contributed by atoms with Crippen molar-refractivity contribution in [1.29, 1.82) is 0 Å². The number of hydrogen-bond acceptors (Lipinski definition) is 2. The second-order valence-corrected chi connectivity index (χ2v) is 5.09. The van der Waals surface area contributed by atoms with E-state index in [-0.39, 0.29) is 5.60 Å². The van der Waals surface area contributed by atoms with Crippen molar-refractivity contribution in [2.24, 2.45) is 0 Å². The summed E-state index contributed by atoms with van der Waals surface area (Å²) in [5.41, 5.74) is 1.96. The standard InChI is InChI=1S/C15H22O2/c1-12(2)13-8-6-7-9-14(13)16-10-11-17-15(3,4)5/h6-9H,1,10-11H2,2-5H3. The fourth-order valence-corrected chi connectivity index (χ4v) is 1.44. The number of para-hydroxylation sites is 1. The van der Waals surface area contributed by atoms with E-state index in [1.54, 1.807) is 0 Å². The molecule has 2 nitrogen and oxygen atoms in total. The van der Waals surface area contributed by atoms with Crippen molar-refractivity contribution in [2.45, 2.75) is 33.3 Å². The summed E-state index contributed by atoms with van der Waals surface area (Å²) in [7, 11) is 0. The fourth-order valence-electron chi connectivity index (χ4n) is 1.44. The molecule has 1 aromatic carbocycles. The third kappa shape index (κ3) is 5.05. The molecule has 0 radical (unpaired) electrons. The third-order valence-corrected chi connectivity index (χ3v) is 2.22. The van der Waals surface area contributed by atoms with E-state index < -0.39 is 0 Å². The van der Waals surface area contributed by atoms with E-state index in [9.17, 15) is 0 Å². The van der Waals surface area contributed by atoms with Crippen molar-refractivity contribution in [3.05, 3.63) is 36.4 Å². The van der Waals surface area contributed by atoms with Gasteiger partial charge in [0.25, 0.3) is 0 Å². The first-order valence-corrected chi connectivity index (χ1v) is 5.92. The van der Waals surface area contributed by atoms with E-state index in [1.165, 1.54) is 0 Å². The van der Waals surface area contributed by atoms with Gasteiger partial charge in [0.15, 0.2) is 0 Å². The van der Waals surface area contributed by atoms with Crippen LogP contribution in [0, 0.1) is 0 Å². The lowest BCUT2D eigenvalue weighted by Crippen LogP contribution is -2.22. The maximum absolute atomic E-state index is 5.71. The summed E-state index contributed by atoms with van der Waals surface area (Å²) < 4.78 is 11.3. The molecule has 0 amide bonds. The van der Waals surface area contributed by atoms with Crippen LogP contribution in [0.25, 0.3) is 5.57 Å². The van der Waals surface area contributed by atoms with Crippen molar-refractivity contribution < 1.29 is 9.47 Å². The molecule has 0 N–H and O–H groups in total. The molecule has 0 aliphatic carbocycles. The van der Waals surface area contributed by atoms with Crippen LogP contribution < -0.4 is 4.74 Å². The first-order valence-electron chi connectivity index (χ1n) is 5.92. The van der Waals surface area contributed by atoms with E-state index in [0.29, 0.717) is 13.2 Å². The van der Waals surface area contributed by atoms with Crippen molar-refractivity contribution in [2.75, 3.05) is 13.2 Å². The maximum Gasteiger partial charge on any atom is 0.126 e. The Morgan fingerprint density at radius 2 is 1.82 bits per heavy atom. The van der Waals surface area contributed by atoms with Gasteiger partial charge in [-0.3, -0.25) is 0 Å². The predicted octanol–water partition coefficient (Wildman–Crippen LogP) is 3.91. The average Bonchev–Trinajstić information content (AvgIpc) is 2.23. The van der Waals surface area contributed by atoms with E-state index in [2.05, 4.69) is 6.58 Å². The Kier molecular flexibility index (Phi) is 4.76. The van der Waals surface area contributed by atoms with Gasteiger partial charge >= 0.3 is 0 Å². The highest BCUT2D eigenvalue weighted by Gasteiger charge is 2.09. The average molecular weight is 234 g/mol. The summed E-state index contributed by atoms with van der Waals surface area (Å²) in [6.45, 7) is 13.2. The molecule has 0 aromatic heterocycles. The summed E-state index contributed by atoms with van der Waals surface area (Å²) >= 11 is 0. The molecule has 0 unspecified atom stereocenters. The van der Waals surface area contributed by atoms with E-state index in [0.717, 1.165) is 16.9 Å². The van der Waals surface area contributed by atoms with Crippen molar-refractivity contribution in [3.63, 3.8) is 0 Å². The monoisotopic (exact) mass is 234 g/mol. The summed E-state index contributed by atoms with van der Waals surface area (Å²) in [5.74, 6) is 0.873. The molecular weight excluding hydrogens is 212 g/mol. The highest BCUT2D eigenvalue weighted by Crippen LogP contribution is 2.24. The molecule has 17 heavy (non-hydrogen) atoms. The van der Waals surface area contributed by atoms with Crippen LogP contribution >= 0.6 is 0 Å². The summed E-state index contributed by atoms with van der Waals surface area (Å²) in [4.78, 5) is 0. The minimum Gasteiger partial charge on any atom is -0.491 e. The van der Waals surface area contributed by atoms with Gasteiger partial charge in [-0.2, -0.15) is 0 Å². The second-order valence-electron chi connectivity index (χ2n) is 5.09. The minimum atomic E-state index is -0.114. The van der Waals surface area contributed by atoms with Crippen LogP contribution in [0.1, 0.15) is 33.3 Å². The number of ether oxygens (including phenoxy) is 2. The molecule has 0 fully saturated rings. The highest BCUT2D eigenvalue weighted by atomic mass is 16.5. The molecule has 0 saturated carbocycles. The molecule has 0 aliphatic heterocycles. The number of hydrogen-bond donors (Lipinski definition) is 0. The molecule has 0 heterocycles. The highest BCUT2D eigenvalue weighted by molar-refractivity contribution is 5.66. The molecule has 1 aromatic rings. The SMILES string of the molecule is C=C(C)c1ccccc1OCCOC(C)(C)C. The van der Waals surface area contributed by atoms with E-state index in [4.69, 9.17) is 9.47 Å². The number of benzene rings is 1. The fraction of sp³-hybridized carbons (Fsp3) is 0.467. The Balaban J connectivity index is 2.49. The van der Waals surface area contributed by atoms with Crippen LogP contribution in [-0.2, 0) is 4.74 Å². The Morgan fingerprint density at radius 1 is 1.18 bits per heavy atom. The molecular formula is C15H22O2. The van der Waals surface area contributed by atoms with Gasteiger partial charge < -0.3 is 9.47 Å². The van der Waals surface area contributed by atoms with Crippen LogP contribution in [0.4, 0.5) is 0 Å². The first kappa shape index (κ1) is 13.8. The van der Waals surface area contributed by atoms with Crippen LogP contribution in [0.15, 0.2) is 30.8 Å². The number of allylic oxidation sites excluding steroid dienone is 1. The lowest BCUT2D eigenvalue weighted by Gasteiger charge is -2.20. The van der Waals surface area contributed by atoms with Crippen molar-refractivity contribution >= 4 is 5.57 Å².